The number of aliphatic hydroxyl groups is 1. The van der Waals surface area contributed by atoms with Gasteiger partial charge in [0, 0.05) is 12.3 Å². The molecule has 1 aliphatic carbocycles. The lowest BCUT2D eigenvalue weighted by Gasteiger charge is -2.32. The minimum atomic E-state index is -1.55. The van der Waals surface area contributed by atoms with Crippen molar-refractivity contribution in [1.82, 2.24) is 10.6 Å². The number of amides is 3. The third-order valence-corrected chi connectivity index (χ3v) is 7.99. The summed E-state index contributed by atoms with van der Waals surface area (Å²) in [6, 6.07) is 5.30. The Bertz CT molecular complexity index is 1040. The van der Waals surface area contributed by atoms with Gasteiger partial charge in [0.25, 0.3) is 0 Å². The largest absolute Gasteiger partial charge is 0.497 e. The van der Waals surface area contributed by atoms with Gasteiger partial charge in [-0.3, -0.25) is 19.2 Å². The molecule has 0 spiro atoms. The van der Waals surface area contributed by atoms with E-state index in [1.54, 1.807) is 38.3 Å². The lowest BCUT2D eigenvalue weighted by Crippen LogP contribution is -2.56. The molecule has 10 heteroatoms. The molecular formula is C29H43N3O7. The van der Waals surface area contributed by atoms with E-state index in [1.807, 2.05) is 0 Å². The molecule has 1 heterocycles. The number of rotatable bonds is 14. The van der Waals surface area contributed by atoms with Crippen LogP contribution in [0.4, 0.5) is 0 Å². The summed E-state index contributed by atoms with van der Waals surface area (Å²) >= 11 is 0. The summed E-state index contributed by atoms with van der Waals surface area (Å²) in [5.41, 5.74) is 3.82. The van der Waals surface area contributed by atoms with Crippen LogP contribution in [0, 0.1) is 17.8 Å². The predicted molar refractivity (Wildman–Crippen MR) is 145 cm³/mol. The number of ether oxygens (including phenoxy) is 2. The highest BCUT2D eigenvalue weighted by atomic mass is 16.6. The molecule has 3 rings (SSSR count). The van der Waals surface area contributed by atoms with Crippen LogP contribution in [-0.4, -0.2) is 65.6 Å². The summed E-state index contributed by atoms with van der Waals surface area (Å²) in [5, 5.41) is 16.1. The summed E-state index contributed by atoms with van der Waals surface area (Å²) in [7, 11) is 1.55. The van der Waals surface area contributed by atoms with Crippen molar-refractivity contribution in [1.29, 1.82) is 0 Å². The highest BCUT2D eigenvalue weighted by molar-refractivity contribution is 5.98. The second-order valence-electron chi connectivity index (χ2n) is 11.8. The van der Waals surface area contributed by atoms with Crippen LogP contribution in [0.15, 0.2) is 24.3 Å². The van der Waals surface area contributed by atoms with Crippen molar-refractivity contribution in [3.63, 3.8) is 0 Å². The monoisotopic (exact) mass is 545 g/mol. The Morgan fingerprint density at radius 1 is 1.10 bits per heavy atom. The minimum Gasteiger partial charge on any atom is -0.497 e. The molecule has 1 unspecified atom stereocenters. The summed E-state index contributed by atoms with van der Waals surface area (Å²) in [6.45, 7) is 6.35. The normalized spacial score (nSPS) is 22.3. The van der Waals surface area contributed by atoms with Crippen molar-refractivity contribution in [2.24, 2.45) is 23.5 Å². The average molecular weight is 546 g/mol. The first-order chi connectivity index (χ1) is 18.2. The maximum absolute atomic E-state index is 13.7. The molecule has 1 aromatic carbocycles. The van der Waals surface area contributed by atoms with Gasteiger partial charge in [-0.05, 0) is 50.8 Å². The minimum absolute atomic E-state index is 0.135. The molecule has 5 N–H and O–H groups in total. The van der Waals surface area contributed by atoms with Gasteiger partial charge in [-0.15, -0.1) is 0 Å². The summed E-state index contributed by atoms with van der Waals surface area (Å²) in [4.78, 5) is 52.3. The van der Waals surface area contributed by atoms with E-state index in [2.05, 4.69) is 10.6 Å². The predicted octanol–water partition coefficient (Wildman–Crippen LogP) is 1.65. The Hall–Kier alpha value is -2.98. The van der Waals surface area contributed by atoms with E-state index in [1.165, 1.54) is 20.8 Å². The number of epoxide rings is 1. The van der Waals surface area contributed by atoms with Crippen molar-refractivity contribution in [3.8, 4) is 5.75 Å². The number of methoxy groups -OCH3 is 1. The molecule has 1 aromatic rings. The standard InChI is InChI=1S/C29H43N3O7/c1-17(23(25(30)34)28(2,3)37)26(35)32-22(15-19-10-12-20(38-5)13-11-19)27(36)31-21(14-18-8-6-7-9-18)24(33)29(4)16-39-29/h10-13,17-18,21-23,37H,6-9,14-16H2,1-5H3,(H2,30,34)(H,31,36)(H,32,35)/t17-,21+,22+,23?,29-/m1/s1. The van der Waals surface area contributed by atoms with Crippen LogP contribution in [0.2, 0.25) is 0 Å². The van der Waals surface area contributed by atoms with E-state index in [9.17, 15) is 24.3 Å². The van der Waals surface area contributed by atoms with Crippen LogP contribution >= 0.6 is 0 Å². The highest BCUT2D eigenvalue weighted by Crippen LogP contribution is 2.33. The van der Waals surface area contributed by atoms with E-state index < -0.39 is 52.8 Å². The van der Waals surface area contributed by atoms with Crippen LogP contribution in [0.1, 0.15) is 65.4 Å². The zero-order valence-electron chi connectivity index (χ0n) is 23.6. The van der Waals surface area contributed by atoms with Gasteiger partial charge in [-0.1, -0.05) is 44.7 Å². The van der Waals surface area contributed by atoms with E-state index in [4.69, 9.17) is 15.2 Å². The smallest absolute Gasteiger partial charge is 0.243 e. The number of nitrogens with one attached hydrogen (secondary N) is 2. The van der Waals surface area contributed by atoms with Crippen LogP contribution in [0.25, 0.3) is 0 Å². The topological polar surface area (TPSA) is 160 Å². The molecule has 0 radical (unpaired) electrons. The highest BCUT2D eigenvalue weighted by Gasteiger charge is 2.50. The van der Waals surface area contributed by atoms with Crippen molar-refractivity contribution in [3.05, 3.63) is 29.8 Å². The van der Waals surface area contributed by atoms with E-state index >= 15 is 0 Å². The van der Waals surface area contributed by atoms with Crippen molar-refractivity contribution in [2.45, 2.75) is 89.5 Å². The second kappa shape index (κ2) is 12.5. The average Bonchev–Trinajstić information content (AvgIpc) is 3.40. The lowest BCUT2D eigenvalue weighted by atomic mass is 9.80. The van der Waals surface area contributed by atoms with Crippen LogP contribution in [-0.2, 0) is 30.3 Å². The van der Waals surface area contributed by atoms with Gasteiger partial charge in [-0.25, -0.2) is 0 Å². The maximum Gasteiger partial charge on any atom is 0.243 e. The molecular weight excluding hydrogens is 502 g/mol. The molecule has 0 aromatic heterocycles. The van der Waals surface area contributed by atoms with E-state index in [0.29, 0.717) is 24.7 Å². The van der Waals surface area contributed by atoms with Gasteiger partial charge < -0.3 is 30.9 Å². The van der Waals surface area contributed by atoms with Crippen molar-refractivity contribution in [2.75, 3.05) is 13.7 Å². The Kier molecular flexibility index (Phi) is 9.77. The first kappa shape index (κ1) is 30.6. The number of primary amides is 1. The van der Waals surface area contributed by atoms with Crippen molar-refractivity contribution < 1.29 is 33.8 Å². The fourth-order valence-electron chi connectivity index (χ4n) is 5.57. The number of nitrogens with two attached hydrogens (primary N) is 1. The summed E-state index contributed by atoms with van der Waals surface area (Å²) in [5.74, 6) is -3.31. The fraction of sp³-hybridized carbons (Fsp3) is 0.655. The van der Waals surface area contributed by atoms with Gasteiger partial charge in [0.2, 0.25) is 17.7 Å². The van der Waals surface area contributed by atoms with E-state index in [-0.39, 0.29) is 12.2 Å². The Morgan fingerprint density at radius 2 is 1.67 bits per heavy atom. The first-order valence-corrected chi connectivity index (χ1v) is 13.7. The third-order valence-electron chi connectivity index (χ3n) is 7.99. The van der Waals surface area contributed by atoms with Gasteiger partial charge >= 0.3 is 0 Å². The number of carbonyl (C=O) groups excluding carboxylic acids is 4. The van der Waals surface area contributed by atoms with Gasteiger partial charge in [0.1, 0.15) is 17.4 Å². The molecule has 1 saturated carbocycles. The van der Waals surface area contributed by atoms with Crippen LogP contribution in [0.5, 0.6) is 5.75 Å². The fourth-order valence-corrected chi connectivity index (χ4v) is 5.57. The first-order valence-electron chi connectivity index (χ1n) is 13.7. The quantitative estimate of drug-likeness (QED) is 0.259. The zero-order chi connectivity index (χ0) is 29.0. The molecule has 216 valence electrons. The lowest BCUT2D eigenvalue weighted by molar-refractivity contribution is -0.142. The van der Waals surface area contributed by atoms with Gasteiger partial charge in [-0.2, -0.15) is 0 Å². The number of Topliss-reactive ketones (excluding diaryl/α,β-unsaturated/α-hetero) is 1. The second-order valence-corrected chi connectivity index (χ2v) is 11.8. The number of hydrogen-bond acceptors (Lipinski definition) is 7. The van der Waals surface area contributed by atoms with Crippen LogP contribution < -0.4 is 21.1 Å². The molecule has 5 atom stereocenters. The Balaban J connectivity index is 1.83. The summed E-state index contributed by atoms with van der Waals surface area (Å²) < 4.78 is 10.6. The Morgan fingerprint density at radius 3 is 2.15 bits per heavy atom. The molecule has 3 amide bonds. The molecule has 10 nitrogen and oxygen atoms in total. The molecule has 0 bridgehead atoms. The van der Waals surface area contributed by atoms with Crippen LogP contribution in [0.3, 0.4) is 0 Å². The summed E-state index contributed by atoms with van der Waals surface area (Å²) in [6.07, 6.45) is 4.87. The molecule has 2 aliphatic rings. The number of benzene rings is 1. The Labute approximate surface area is 230 Å². The van der Waals surface area contributed by atoms with Gasteiger partial charge in [0.15, 0.2) is 5.78 Å². The number of carbonyl (C=O) groups is 4. The number of hydrogen-bond donors (Lipinski definition) is 4. The van der Waals surface area contributed by atoms with E-state index in [0.717, 1.165) is 31.2 Å². The molecule has 39 heavy (non-hydrogen) atoms. The van der Waals surface area contributed by atoms with Gasteiger partial charge in [0.05, 0.1) is 31.3 Å². The third kappa shape index (κ3) is 8.02. The zero-order valence-corrected chi connectivity index (χ0v) is 23.6. The van der Waals surface area contributed by atoms with Crippen molar-refractivity contribution >= 4 is 23.5 Å². The molecule has 2 fully saturated rings. The molecule has 1 saturated heterocycles. The SMILES string of the molecule is COc1ccc(C[C@H](NC(=O)[C@H](C)C(C(N)=O)C(C)(C)O)C(=O)N[C@@H](CC2CCCC2)C(=O)[C@@]2(C)CO2)cc1. The molecule has 1 aliphatic heterocycles. The maximum atomic E-state index is 13.7. The number of ketones is 1.